The van der Waals surface area contributed by atoms with Crippen molar-refractivity contribution >= 4 is 0 Å². The molecule has 15 heavy (non-hydrogen) atoms. The normalized spacial score (nSPS) is 26.8. The lowest BCUT2D eigenvalue weighted by molar-refractivity contribution is -0.0662. The Kier molecular flexibility index (Phi) is 3.68. The van der Waals surface area contributed by atoms with Crippen LogP contribution in [0.4, 0.5) is 0 Å². The number of ether oxygens (including phenoxy) is 1. The van der Waals surface area contributed by atoms with Crippen molar-refractivity contribution in [2.75, 3.05) is 13.2 Å². The zero-order chi connectivity index (χ0) is 10.7. The Balaban J connectivity index is 2.05. The van der Waals surface area contributed by atoms with Crippen molar-refractivity contribution in [1.82, 2.24) is 5.32 Å². The van der Waals surface area contributed by atoms with Gasteiger partial charge >= 0.3 is 0 Å². The zero-order valence-electron chi connectivity index (χ0n) is 10.2. The fourth-order valence-corrected chi connectivity index (χ4v) is 3.24. The molecule has 0 bridgehead atoms. The molecule has 0 saturated heterocycles. The van der Waals surface area contributed by atoms with Gasteiger partial charge in [0.25, 0.3) is 0 Å². The smallest absolute Gasteiger partial charge is 0.0837 e. The van der Waals surface area contributed by atoms with E-state index in [-0.39, 0.29) is 5.60 Å². The van der Waals surface area contributed by atoms with Gasteiger partial charge in [-0.05, 0) is 45.1 Å². The Morgan fingerprint density at radius 3 is 2.40 bits per heavy atom. The van der Waals surface area contributed by atoms with Crippen LogP contribution in [0.1, 0.15) is 52.4 Å². The number of rotatable bonds is 6. The third-order valence-corrected chi connectivity index (χ3v) is 3.97. The van der Waals surface area contributed by atoms with Gasteiger partial charge in [0.2, 0.25) is 0 Å². The minimum absolute atomic E-state index is 0.186. The molecule has 2 fully saturated rings. The molecule has 2 rings (SSSR count). The SMILES string of the molecule is CCNC(C1CC1)C1(OCC)CCCC1. The van der Waals surface area contributed by atoms with E-state index in [1.165, 1.54) is 38.5 Å². The van der Waals surface area contributed by atoms with Crippen LogP contribution in [-0.2, 0) is 4.74 Å². The van der Waals surface area contributed by atoms with Gasteiger partial charge in [-0.2, -0.15) is 0 Å². The van der Waals surface area contributed by atoms with E-state index in [1.807, 2.05) is 0 Å². The van der Waals surface area contributed by atoms with Crippen molar-refractivity contribution in [3.8, 4) is 0 Å². The summed E-state index contributed by atoms with van der Waals surface area (Å²) in [5.41, 5.74) is 0.186. The molecule has 1 N–H and O–H groups in total. The summed E-state index contributed by atoms with van der Waals surface area (Å²) in [6.07, 6.45) is 8.08. The molecular formula is C13H25NO. The molecule has 2 saturated carbocycles. The summed E-state index contributed by atoms with van der Waals surface area (Å²) in [7, 11) is 0. The van der Waals surface area contributed by atoms with Crippen LogP contribution in [0, 0.1) is 5.92 Å². The summed E-state index contributed by atoms with van der Waals surface area (Å²) in [6, 6.07) is 0.630. The summed E-state index contributed by atoms with van der Waals surface area (Å²) in [5, 5.41) is 3.69. The largest absolute Gasteiger partial charge is 0.374 e. The van der Waals surface area contributed by atoms with Crippen molar-refractivity contribution < 1.29 is 4.74 Å². The van der Waals surface area contributed by atoms with Crippen LogP contribution in [0.2, 0.25) is 0 Å². The lowest BCUT2D eigenvalue weighted by Crippen LogP contribution is -2.52. The van der Waals surface area contributed by atoms with Crippen LogP contribution in [-0.4, -0.2) is 24.8 Å². The van der Waals surface area contributed by atoms with Crippen LogP contribution in [0.3, 0.4) is 0 Å². The average molecular weight is 211 g/mol. The zero-order valence-corrected chi connectivity index (χ0v) is 10.2. The predicted octanol–water partition coefficient (Wildman–Crippen LogP) is 2.72. The number of nitrogens with one attached hydrogen (secondary N) is 1. The summed E-state index contributed by atoms with van der Waals surface area (Å²) < 4.78 is 6.14. The highest BCUT2D eigenvalue weighted by Crippen LogP contribution is 2.45. The first-order valence-electron chi connectivity index (χ1n) is 6.69. The molecule has 0 aromatic carbocycles. The minimum Gasteiger partial charge on any atom is -0.374 e. The molecule has 0 aliphatic heterocycles. The third kappa shape index (κ3) is 2.36. The van der Waals surface area contributed by atoms with E-state index in [0.29, 0.717) is 6.04 Å². The maximum Gasteiger partial charge on any atom is 0.0837 e. The highest BCUT2D eigenvalue weighted by atomic mass is 16.5. The Labute approximate surface area is 93.8 Å². The number of likely N-dealkylation sites (N-methyl/N-ethyl adjacent to an activating group) is 1. The van der Waals surface area contributed by atoms with Crippen LogP contribution in [0.15, 0.2) is 0 Å². The first-order valence-corrected chi connectivity index (χ1v) is 6.69. The van der Waals surface area contributed by atoms with E-state index in [1.54, 1.807) is 0 Å². The van der Waals surface area contributed by atoms with E-state index in [0.717, 1.165) is 19.1 Å². The Morgan fingerprint density at radius 1 is 1.27 bits per heavy atom. The topological polar surface area (TPSA) is 21.3 Å². The third-order valence-electron chi connectivity index (χ3n) is 3.97. The quantitative estimate of drug-likeness (QED) is 0.729. The standard InChI is InChI=1S/C13H25NO/c1-3-14-12(11-7-8-11)13(15-4-2)9-5-6-10-13/h11-12,14H,3-10H2,1-2H3. The highest BCUT2D eigenvalue weighted by Gasteiger charge is 2.48. The average Bonchev–Trinajstić information content (AvgIpc) is 2.96. The number of hydrogen-bond acceptors (Lipinski definition) is 2. The molecular weight excluding hydrogens is 186 g/mol. The summed E-state index contributed by atoms with van der Waals surface area (Å²) in [6.45, 7) is 6.30. The van der Waals surface area contributed by atoms with Crippen LogP contribution in [0.25, 0.3) is 0 Å². The van der Waals surface area contributed by atoms with Gasteiger partial charge in [0.15, 0.2) is 0 Å². The van der Waals surface area contributed by atoms with Crippen molar-refractivity contribution in [3.05, 3.63) is 0 Å². The van der Waals surface area contributed by atoms with Gasteiger partial charge in [0.1, 0.15) is 0 Å². The second-order valence-corrected chi connectivity index (χ2v) is 5.08. The molecule has 2 aliphatic rings. The van der Waals surface area contributed by atoms with Crippen LogP contribution < -0.4 is 5.32 Å². The summed E-state index contributed by atoms with van der Waals surface area (Å²) >= 11 is 0. The van der Waals surface area contributed by atoms with E-state index in [2.05, 4.69) is 19.2 Å². The van der Waals surface area contributed by atoms with E-state index >= 15 is 0 Å². The molecule has 1 atom stereocenters. The van der Waals surface area contributed by atoms with Crippen LogP contribution >= 0.6 is 0 Å². The van der Waals surface area contributed by atoms with E-state index in [9.17, 15) is 0 Å². The first-order chi connectivity index (χ1) is 7.32. The maximum atomic E-state index is 6.14. The molecule has 1 unspecified atom stereocenters. The highest BCUT2D eigenvalue weighted by molar-refractivity contribution is 5.03. The molecule has 0 aromatic heterocycles. The molecule has 0 spiro atoms. The van der Waals surface area contributed by atoms with Gasteiger partial charge in [-0.3, -0.25) is 0 Å². The maximum absolute atomic E-state index is 6.14. The van der Waals surface area contributed by atoms with E-state index < -0.39 is 0 Å². The lowest BCUT2D eigenvalue weighted by Gasteiger charge is -2.38. The summed E-state index contributed by atoms with van der Waals surface area (Å²) in [5.74, 6) is 0.898. The number of hydrogen-bond donors (Lipinski definition) is 1. The molecule has 0 heterocycles. The van der Waals surface area contributed by atoms with Gasteiger partial charge in [0.05, 0.1) is 5.60 Å². The second kappa shape index (κ2) is 4.84. The molecule has 2 aliphatic carbocycles. The summed E-state index contributed by atoms with van der Waals surface area (Å²) in [4.78, 5) is 0. The molecule has 0 radical (unpaired) electrons. The van der Waals surface area contributed by atoms with Crippen molar-refractivity contribution in [3.63, 3.8) is 0 Å². The van der Waals surface area contributed by atoms with Gasteiger partial charge in [-0.25, -0.2) is 0 Å². The van der Waals surface area contributed by atoms with Gasteiger partial charge in [0, 0.05) is 12.6 Å². The molecule has 88 valence electrons. The molecule has 0 amide bonds. The second-order valence-electron chi connectivity index (χ2n) is 5.08. The minimum atomic E-state index is 0.186. The first kappa shape index (κ1) is 11.4. The van der Waals surface area contributed by atoms with E-state index in [4.69, 9.17) is 4.74 Å². The Bertz CT molecular complexity index is 195. The predicted molar refractivity (Wildman–Crippen MR) is 63.0 cm³/mol. The fourth-order valence-electron chi connectivity index (χ4n) is 3.24. The van der Waals surface area contributed by atoms with Crippen LogP contribution in [0.5, 0.6) is 0 Å². The van der Waals surface area contributed by atoms with Crippen molar-refractivity contribution in [2.45, 2.75) is 64.0 Å². The monoisotopic (exact) mass is 211 g/mol. The van der Waals surface area contributed by atoms with Crippen molar-refractivity contribution in [2.24, 2.45) is 5.92 Å². The van der Waals surface area contributed by atoms with Gasteiger partial charge < -0.3 is 10.1 Å². The van der Waals surface area contributed by atoms with Gasteiger partial charge in [-0.15, -0.1) is 0 Å². The Hall–Kier alpha value is -0.0800. The lowest BCUT2D eigenvalue weighted by atomic mass is 9.88. The van der Waals surface area contributed by atoms with Gasteiger partial charge in [-0.1, -0.05) is 19.8 Å². The molecule has 2 heteroatoms. The van der Waals surface area contributed by atoms with Crippen molar-refractivity contribution in [1.29, 1.82) is 0 Å². The molecule has 0 aromatic rings. The Morgan fingerprint density at radius 2 is 1.93 bits per heavy atom. The fraction of sp³-hybridized carbons (Fsp3) is 1.00. The molecule has 2 nitrogen and oxygen atoms in total.